The highest BCUT2D eigenvalue weighted by Crippen LogP contribution is 2.30. The van der Waals surface area contributed by atoms with Crippen LogP contribution in [0.1, 0.15) is 38.8 Å². The molecule has 5 nitrogen and oxygen atoms in total. The molecule has 5 heteroatoms. The first kappa shape index (κ1) is 16.3. The second-order valence-electron chi connectivity index (χ2n) is 4.75. The van der Waals surface area contributed by atoms with Gasteiger partial charge in [0.25, 0.3) is 5.91 Å². The molecular weight excluding hydrogens is 256 g/mol. The van der Waals surface area contributed by atoms with Crippen molar-refractivity contribution in [2.24, 2.45) is 5.73 Å². The molecule has 2 atom stereocenters. The number of benzene rings is 1. The van der Waals surface area contributed by atoms with Crippen LogP contribution in [0.15, 0.2) is 18.2 Å². The fourth-order valence-electron chi connectivity index (χ4n) is 1.70. The van der Waals surface area contributed by atoms with Crippen molar-refractivity contribution in [3.8, 4) is 11.5 Å². The van der Waals surface area contributed by atoms with E-state index in [-0.39, 0.29) is 11.9 Å². The highest BCUT2D eigenvalue weighted by atomic mass is 16.5. The van der Waals surface area contributed by atoms with Gasteiger partial charge in [0.05, 0.1) is 7.11 Å². The molecule has 1 rings (SSSR count). The van der Waals surface area contributed by atoms with E-state index >= 15 is 0 Å². The van der Waals surface area contributed by atoms with Crippen molar-refractivity contribution < 1.29 is 14.3 Å². The largest absolute Gasteiger partial charge is 0.493 e. The van der Waals surface area contributed by atoms with Crippen LogP contribution in [0.5, 0.6) is 11.5 Å². The molecule has 0 aliphatic heterocycles. The van der Waals surface area contributed by atoms with Crippen LogP contribution in [0.2, 0.25) is 0 Å². The molecule has 0 aromatic heterocycles. The lowest BCUT2D eigenvalue weighted by Gasteiger charge is -2.17. The number of amides is 1. The van der Waals surface area contributed by atoms with Gasteiger partial charge >= 0.3 is 0 Å². The Kier molecular flexibility index (Phi) is 6.31. The van der Waals surface area contributed by atoms with Crippen molar-refractivity contribution in [1.82, 2.24) is 5.32 Å². The molecule has 0 saturated carbocycles. The smallest absolute Gasteiger partial charge is 0.260 e. The second kappa shape index (κ2) is 7.75. The lowest BCUT2D eigenvalue weighted by molar-refractivity contribution is -0.127. The highest BCUT2D eigenvalue weighted by molar-refractivity contribution is 5.80. The molecule has 0 bridgehead atoms. The minimum absolute atomic E-state index is 0.0803. The van der Waals surface area contributed by atoms with Crippen LogP contribution in [-0.2, 0) is 4.79 Å². The predicted octanol–water partition coefficient (Wildman–Crippen LogP) is 2.01. The summed E-state index contributed by atoms with van der Waals surface area (Å²) in [5.74, 6) is 0.983. The van der Waals surface area contributed by atoms with Crippen LogP contribution in [0, 0.1) is 0 Å². The van der Waals surface area contributed by atoms with E-state index in [0.717, 1.165) is 12.0 Å². The molecule has 0 saturated heterocycles. The predicted molar refractivity (Wildman–Crippen MR) is 79.0 cm³/mol. The van der Waals surface area contributed by atoms with E-state index < -0.39 is 6.10 Å². The minimum Gasteiger partial charge on any atom is -0.493 e. The van der Waals surface area contributed by atoms with Gasteiger partial charge in [-0.25, -0.2) is 0 Å². The van der Waals surface area contributed by atoms with Gasteiger partial charge in [-0.05, 0) is 38.0 Å². The van der Waals surface area contributed by atoms with Crippen molar-refractivity contribution in [3.05, 3.63) is 23.8 Å². The number of methoxy groups -OCH3 is 1. The summed E-state index contributed by atoms with van der Waals surface area (Å²) in [6, 6.07) is 5.40. The van der Waals surface area contributed by atoms with Crippen molar-refractivity contribution in [3.63, 3.8) is 0 Å². The molecule has 3 N–H and O–H groups in total. The number of rotatable bonds is 7. The Bertz CT molecular complexity index is 447. The van der Waals surface area contributed by atoms with Gasteiger partial charge in [-0.1, -0.05) is 13.0 Å². The summed E-state index contributed by atoms with van der Waals surface area (Å²) in [5, 5.41) is 2.79. The Morgan fingerprint density at radius 1 is 1.35 bits per heavy atom. The summed E-state index contributed by atoms with van der Waals surface area (Å²) in [4.78, 5) is 11.8. The lowest BCUT2D eigenvalue weighted by Crippen LogP contribution is -2.36. The Hall–Kier alpha value is -1.75. The number of carbonyl (C=O) groups is 1. The number of hydrogen-bond donors (Lipinski definition) is 2. The van der Waals surface area contributed by atoms with Crippen LogP contribution in [0.3, 0.4) is 0 Å². The second-order valence-corrected chi connectivity index (χ2v) is 4.75. The zero-order valence-electron chi connectivity index (χ0n) is 12.6. The summed E-state index contributed by atoms with van der Waals surface area (Å²) in [6.07, 6.45) is 0.321. The van der Waals surface area contributed by atoms with Crippen LogP contribution in [0.4, 0.5) is 0 Å². The van der Waals surface area contributed by atoms with E-state index in [1.807, 2.05) is 26.0 Å². The topological polar surface area (TPSA) is 73.6 Å². The normalized spacial score (nSPS) is 13.4. The Labute approximate surface area is 120 Å². The molecule has 0 aliphatic rings. The van der Waals surface area contributed by atoms with Crippen molar-refractivity contribution >= 4 is 5.91 Å². The Morgan fingerprint density at radius 3 is 2.60 bits per heavy atom. The highest BCUT2D eigenvalue weighted by Gasteiger charge is 2.16. The molecule has 1 aromatic carbocycles. The standard InChI is InChI=1S/C15H24N2O3/c1-5-8-17-15(18)11(3)20-13-7-6-12(10(2)16)9-14(13)19-4/h6-7,9-11H,5,8,16H2,1-4H3,(H,17,18)/t10-,11?/m0/s1. The van der Waals surface area contributed by atoms with Crippen LogP contribution < -0.4 is 20.5 Å². The molecule has 0 fully saturated rings. The summed E-state index contributed by atoms with van der Waals surface area (Å²) in [7, 11) is 1.56. The van der Waals surface area contributed by atoms with E-state index in [1.54, 1.807) is 20.1 Å². The number of carbonyl (C=O) groups excluding carboxylic acids is 1. The molecule has 20 heavy (non-hydrogen) atoms. The zero-order chi connectivity index (χ0) is 15.1. The van der Waals surface area contributed by atoms with Crippen molar-refractivity contribution in [2.45, 2.75) is 39.3 Å². The molecule has 0 aliphatic carbocycles. The van der Waals surface area contributed by atoms with Crippen LogP contribution in [0.25, 0.3) is 0 Å². The van der Waals surface area contributed by atoms with E-state index in [2.05, 4.69) is 5.32 Å². The molecule has 0 spiro atoms. The number of nitrogens with two attached hydrogens (primary N) is 1. The first-order chi connectivity index (χ1) is 9.49. The quantitative estimate of drug-likeness (QED) is 0.801. The summed E-state index contributed by atoms with van der Waals surface area (Å²) in [6.45, 7) is 6.26. The Morgan fingerprint density at radius 2 is 2.05 bits per heavy atom. The maximum atomic E-state index is 11.8. The summed E-state index contributed by atoms with van der Waals surface area (Å²) in [5.41, 5.74) is 6.79. The first-order valence-electron chi connectivity index (χ1n) is 6.87. The summed E-state index contributed by atoms with van der Waals surface area (Å²) >= 11 is 0. The Balaban J connectivity index is 2.78. The van der Waals surface area contributed by atoms with Gasteiger partial charge < -0.3 is 20.5 Å². The van der Waals surface area contributed by atoms with Gasteiger partial charge in [-0.2, -0.15) is 0 Å². The van der Waals surface area contributed by atoms with Crippen LogP contribution >= 0.6 is 0 Å². The van der Waals surface area contributed by atoms with Gasteiger partial charge in [0.2, 0.25) is 0 Å². The monoisotopic (exact) mass is 280 g/mol. The fraction of sp³-hybridized carbons (Fsp3) is 0.533. The van der Waals surface area contributed by atoms with Gasteiger partial charge in [0, 0.05) is 12.6 Å². The third-order valence-electron chi connectivity index (χ3n) is 2.94. The van der Waals surface area contributed by atoms with Crippen LogP contribution in [-0.4, -0.2) is 25.7 Å². The third kappa shape index (κ3) is 4.42. The minimum atomic E-state index is -0.573. The van der Waals surface area contributed by atoms with E-state index in [4.69, 9.17) is 15.2 Å². The van der Waals surface area contributed by atoms with Crippen molar-refractivity contribution in [2.75, 3.05) is 13.7 Å². The average molecular weight is 280 g/mol. The number of hydrogen-bond acceptors (Lipinski definition) is 4. The lowest BCUT2D eigenvalue weighted by atomic mass is 10.1. The van der Waals surface area contributed by atoms with E-state index in [1.165, 1.54) is 0 Å². The molecular formula is C15H24N2O3. The van der Waals surface area contributed by atoms with E-state index in [9.17, 15) is 4.79 Å². The third-order valence-corrected chi connectivity index (χ3v) is 2.94. The molecule has 112 valence electrons. The molecule has 0 heterocycles. The molecule has 1 unspecified atom stereocenters. The zero-order valence-corrected chi connectivity index (χ0v) is 12.6. The maximum absolute atomic E-state index is 11.8. The van der Waals surface area contributed by atoms with Gasteiger partial charge in [0.1, 0.15) is 0 Å². The molecule has 0 radical (unpaired) electrons. The van der Waals surface area contributed by atoms with Gasteiger partial charge in [-0.15, -0.1) is 0 Å². The average Bonchev–Trinajstić information content (AvgIpc) is 2.44. The SMILES string of the molecule is CCCNC(=O)C(C)Oc1ccc([C@H](C)N)cc1OC. The van der Waals surface area contributed by atoms with E-state index in [0.29, 0.717) is 18.0 Å². The first-order valence-corrected chi connectivity index (χ1v) is 6.87. The summed E-state index contributed by atoms with van der Waals surface area (Å²) < 4.78 is 10.9. The fourth-order valence-corrected chi connectivity index (χ4v) is 1.70. The molecule has 1 amide bonds. The van der Waals surface area contributed by atoms with Crippen molar-refractivity contribution in [1.29, 1.82) is 0 Å². The maximum Gasteiger partial charge on any atom is 0.260 e. The number of ether oxygens (including phenoxy) is 2. The van der Waals surface area contributed by atoms with Gasteiger partial charge in [-0.3, -0.25) is 4.79 Å². The van der Waals surface area contributed by atoms with Gasteiger partial charge in [0.15, 0.2) is 17.6 Å². The number of nitrogens with one attached hydrogen (secondary N) is 1. The molecule has 1 aromatic rings.